The maximum absolute atomic E-state index is 13.5. The molecule has 1 aliphatic rings. The molecule has 0 radical (unpaired) electrons. The molecule has 0 spiro atoms. The highest BCUT2D eigenvalue weighted by molar-refractivity contribution is 6.52. The summed E-state index contributed by atoms with van der Waals surface area (Å²) in [6.07, 6.45) is 0. The van der Waals surface area contributed by atoms with E-state index in [1.54, 1.807) is 55.5 Å². The van der Waals surface area contributed by atoms with Crippen LogP contribution in [0.4, 0.5) is 5.69 Å². The highest BCUT2D eigenvalue weighted by atomic mass is 35.5. The van der Waals surface area contributed by atoms with E-state index in [2.05, 4.69) is 0 Å². The summed E-state index contributed by atoms with van der Waals surface area (Å²) in [5.41, 5.74) is 1.58. The van der Waals surface area contributed by atoms with Gasteiger partial charge in [0.05, 0.1) is 37.5 Å². The number of ketones is 1. The molecular weight excluding hydrogens is 517 g/mol. The van der Waals surface area contributed by atoms with Gasteiger partial charge in [0.25, 0.3) is 11.7 Å². The summed E-state index contributed by atoms with van der Waals surface area (Å²) in [5.74, 6) is -0.791. The Morgan fingerprint density at radius 3 is 2.38 bits per heavy atom. The molecule has 0 saturated carbocycles. The average Bonchev–Trinajstić information content (AvgIpc) is 3.16. The van der Waals surface area contributed by atoms with E-state index in [0.717, 1.165) is 0 Å². The van der Waals surface area contributed by atoms with Crippen molar-refractivity contribution in [2.45, 2.75) is 19.9 Å². The molecule has 37 heavy (non-hydrogen) atoms. The number of benzene rings is 3. The summed E-state index contributed by atoms with van der Waals surface area (Å²) in [6, 6.07) is 13.9. The number of aliphatic hydroxyl groups excluding tert-OH is 1. The van der Waals surface area contributed by atoms with Crippen LogP contribution < -0.4 is 19.1 Å². The van der Waals surface area contributed by atoms with E-state index >= 15 is 0 Å². The second kappa shape index (κ2) is 10.7. The Labute approximate surface area is 224 Å². The summed E-state index contributed by atoms with van der Waals surface area (Å²) in [4.78, 5) is 28.3. The van der Waals surface area contributed by atoms with Crippen molar-refractivity contribution >= 4 is 46.3 Å². The van der Waals surface area contributed by atoms with Gasteiger partial charge in [-0.3, -0.25) is 14.5 Å². The number of Topliss-reactive ketones (excluding diaryl/α,β-unsaturated/α-hetero) is 1. The molecule has 192 valence electrons. The highest BCUT2D eigenvalue weighted by Crippen LogP contribution is 2.46. The van der Waals surface area contributed by atoms with Gasteiger partial charge in [0.1, 0.15) is 11.5 Å². The fraction of sp³-hybridized carbons (Fsp3) is 0.214. The first-order valence-electron chi connectivity index (χ1n) is 11.4. The van der Waals surface area contributed by atoms with E-state index in [9.17, 15) is 14.7 Å². The predicted molar refractivity (Wildman–Crippen MR) is 143 cm³/mol. The van der Waals surface area contributed by atoms with Crippen LogP contribution in [0.15, 0.2) is 60.2 Å². The van der Waals surface area contributed by atoms with Gasteiger partial charge in [0.15, 0.2) is 11.5 Å². The van der Waals surface area contributed by atoms with E-state index in [0.29, 0.717) is 45.7 Å². The lowest BCUT2D eigenvalue weighted by atomic mass is 9.94. The Balaban J connectivity index is 2.02. The van der Waals surface area contributed by atoms with Crippen LogP contribution >= 0.6 is 23.2 Å². The zero-order chi connectivity index (χ0) is 26.9. The Kier molecular flexibility index (Phi) is 7.66. The monoisotopic (exact) mass is 541 g/mol. The molecular formula is C28H25Cl2NO6. The minimum atomic E-state index is -1.01. The zero-order valence-corrected chi connectivity index (χ0v) is 22.2. The third-order valence-corrected chi connectivity index (χ3v) is 6.91. The molecule has 0 aliphatic carbocycles. The Morgan fingerprint density at radius 2 is 1.70 bits per heavy atom. The number of halogens is 2. The van der Waals surface area contributed by atoms with E-state index in [-0.39, 0.29) is 16.2 Å². The van der Waals surface area contributed by atoms with Gasteiger partial charge in [-0.05, 0) is 67.4 Å². The second-order valence-corrected chi connectivity index (χ2v) is 9.06. The molecule has 1 saturated heterocycles. The third kappa shape index (κ3) is 4.72. The predicted octanol–water partition coefficient (Wildman–Crippen LogP) is 6.34. The van der Waals surface area contributed by atoms with E-state index in [4.69, 9.17) is 37.4 Å². The summed E-state index contributed by atoms with van der Waals surface area (Å²) in [7, 11) is 2.99. The third-order valence-electron chi connectivity index (χ3n) is 6.17. The Hall–Kier alpha value is -3.68. The number of hydrogen-bond donors (Lipinski definition) is 1. The van der Waals surface area contributed by atoms with Crippen molar-refractivity contribution in [1.29, 1.82) is 0 Å². The van der Waals surface area contributed by atoms with Crippen LogP contribution in [0.2, 0.25) is 10.0 Å². The van der Waals surface area contributed by atoms with Gasteiger partial charge in [-0.1, -0.05) is 35.3 Å². The molecule has 0 aromatic heterocycles. The molecule has 1 unspecified atom stereocenters. The first kappa shape index (κ1) is 26.4. The molecule has 3 aromatic rings. The van der Waals surface area contributed by atoms with Crippen LogP contribution in [0.3, 0.4) is 0 Å². The number of ether oxygens (including phenoxy) is 3. The fourth-order valence-electron chi connectivity index (χ4n) is 4.36. The number of carbonyl (C=O) groups excluding carboxylic acids is 2. The van der Waals surface area contributed by atoms with Crippen LogP contribution in [0, 0.1) is 6.92 Å². The molecule has 4 rings (SSSR count). The fourth-order valence-corrected chi connectivity index (χ4v) is 4.74. The normalized spacial score (nSPS) is 16.7. The van der Waals surface area contributed by atoms with Crippen molar-refractivity contribution in [1.82, 2.24) is 0 Å². The number of anilines is 1. The molecule has 1 aliphatic heterocycles. The number of rotatable bonds is 7. The quantitative estimate of drug-likeness (QED) is 0.213. The molecule has 1 N–H and O–H groups in total. The second-order valence-electron chi connectivity index (χ2n) is 8.24. The van der Waals surface area contributed by atoms with Crippen LogP contribution in [0.25, 0.3) is 5.76 Å². The number of amides is 1. The zero-order valence-electron chi connectivity index (χ0n) is 20.7. The topological polar surface area (TPSA) is 85.3 Å². The van der Waals surface area contributed by atoms with Crippen LogP contribution in [0.1, 0.15) is 29.7 Å². The first-order valence-corrected chi connectivity index (χ1v) is 12.2. The van der Waals surface area contributed by atoms with Gasteiger partial charge in [-0.25, -0.2) is 0 Å². The van der Waals surface area contributed by atoms with Crippen LogP contribution in [-0.4, -0.2) is 37.6 Å². The molecule has 0 bridgehead atoms. The van der Waals surface area contributed by atoms with Crippen molar-refractivity contribution in [2.24, 2.45) is 0 Å². The minimum absolute atomic E-state index is 0.132. The van der Waals surface area contributed by atoms with Crippen molar-refractivity contribution in [3.05, 3.63) is 86.9 Å². The average molecular weight is 542 g/mol. The Bertz CT molecular complexity index is 1420. The van der Waals surface area contributed by atoms with Crippen molar-refractivity contribution in [2.75, 3.05) is 25.7 Å². The summed E-state index contributed by atoms with van der Waals surface area (Å²) in [5, 5.41) is 12.1. The number of aliphatic hydroxyl groups is 1. The summed E-state index contributed by atoms with van der Waals surface area (Å²) >= 11 is 12.8. The van der Waals surface area contributed by atoms with Gasteiger partial charge >= 0.3 is 0 Å². The minimum Gasteiger partial charge on any atom is -0.507 e. The van der Waals surface area contributed by atoms with Crippen molar-refractivity contribution in [3.8, 4) is 17.2 Å². The van der Waals surface area contributed by atoms with Crippen molar-refractivity contribution < 1.29 is 28.9 Å². The lowest BCUT2D eigenvalue weighted by molar-refractivity contribution is -0.132. The standard InChI is InChI=1S/C28H25Cl2NO6/c1-5-37-17-10-11-20(30)18(14-17)26(32)24-25(16-9-12-22(35-3)23(13-16)36-4)31(28(34)27(24)33)21-8-6-7-19(29)15(21)2/h6-14,25,32H,5H2,1-4H3/b26-24+. The van der Waals surface area contributed by atoms with Gasteiger partial charge in [-0.15, -0.1) is 0 Å². The van der Waals surface area contributed by atoms with Crippen LogP contribution in [-0.2, 0) is 9.59 Å². The van der Waals surface area contributed by atoms with E-state index in [1.165, 1.54) is 25.2 Å². The van der Waals surface area contributed by atoms with E-state index < -0.39 is 23.5 Å². The molecule has 3 aromatic carbocycles. The number of methoxy groups -OCH3 is 2. The van der Waals surface area contributed by atoms with E-state index in [1.807, 2.05) is 6.92 Å². The summed E-state index contributed by atoms with van der Waals surface area (Å²) in [6.45, 7) is 3.97. The molecule has 9 heteroatoms. The smallest absolute Gasteiger partial charge is 0.300 e. The maximum atomic E-state index is 13.5. The largest absolute Gasteiger partial charge is 0.507 e. The molecule has 7 nitrogen and oxygen atoms in total. The number of hydrogen-bond acceptors (Lipinski definition) is 6. The lowest BCUT2D eigenvalue weighted by Gasteiger charge is -2.27. The van der Waals surface area contributed by atoms with Gasteiger partial charge in [0, 0.05) is 16.3 Å². The maximum Gasteiger partial charge on any atom is 0.300 e. The molecule has 1 fully saturated rings. The van der Waals surface area contributed by atoms with Gasteiger partial charge in [0.2, 0.25) is 0 Å². The number of carbonyl (C=O) groups is 2. The number of nitrogens with zero attached hydrogens (tertiary/aromatic N) is 1. The Morgan fingerprint density at radius 1 is 0.973 bits per heavy atom. The lowest BCUT2D eigenvalue weighted by Crippen LogP contribution is -2.30. The van der Waals surface area contributed by atoms with Crippen LogP contribution in [0.5, 0.6) is 17.2 Å². The summed E-state index contributed by atoms with van der Waals surface area (Å²) < 4.78 is 16.4. The van der Waals surface area contributed by atoms with Gasteiger partial charge < -0.3 is 19.3 Å². The van der Waals surface area contributed by atoms with Crippen molar-refractivity contribution in [3.63, 3.8) is 0 Å². The highest BCUT2D eigenvalue weighted by Gasteiger charge is 2.48. The molecule has 1 atom stereocenters. The molecule has 1 heterocycles. The SMILES string of the molecule is CCOc1ccc(Cl)c(/C(O)=C2\C(=O)C(=O)N(c3cccc(Cl)c3C)C2c2ccc(OC)c(OC)c2)c1. The first-order chi connectivity index (χ1) is 17.7. The van der Waals surface area contributed by atoms with Gasteiger partial charge in [-0.2, -0.15) is 0 Å². The molecule has 1 amide bonds.